The van der Waals surface area contributed by atoms with Crippen LogP contribution in [0.25, 0.3) is 0 Å². The van der Waals surface area contributed by atoms with Crippen molar-refractivity contribution in [3.63, 3.8) is 0 Å². The molecule has 0 aromatic carbocycles. The standard InChI is InChI=1S/C79H142N18O22S4/c1-37(2)25-50(88-65(104)47(80)35-120)66(105)82-31-58(101)81-32-59(102)84-52(27-39(5)6)70(109)90-54(29-41(9)10)72(111)96-63(45(17)99)77(116)86-48(21-23-122-19)68(107)94-61(43(13)14)76(115)93-57(36-121)75(114)89-51(26-38(3)4)67(106)83-33-60(103)85-56(34-98)74(113)92-53(28-40(7)8)71(110)91-55(30-42(11)12)73(112)97-64(46(18)100)78(117)87-49(22-24-123-20)69(108)95-62(44(15)16)79(118)119/h37-57,61-64,98-100,120-121H,21-36,80H2,1-20H3,(H,81,101)(H,82,105)(H,83,106)(H,84,102)(H,85,103)(H,86,116)(H,87,117)(H,88,104)(H,89,114)(H,90,109)(H,91,110)(H,92,113)(H,93,115)(H,94,107)(H,95,108)(H,96,111)(H,97,112)(H,118,119)/t45-,46-,47+,48+,49+,50+,51+,52+,53+,54+,55+,56+,57+,61+,62+,63+,64+/m1/s1. The zero-order valence-electron chi connectivity index (χ0n) is 74.7. The zero-order valence-corrected chi connectivity index (χ0v) is 78.1. The highest BCUT2D eigenvalue weighted by atomic mass is 32.2. The molecular weight excluding hydrogens is 1680 g/mol. The number of thiol groups is 2. The van der Waals surface area contributed by atoms with Crippen LogP contribution < -0.4 is 96.1 Å². The normalized spacial score (nSPS) is 15.7. The minimum absolute atomic E-state index is 0.0139. The minimum Gasteiger partial charge on any atom is -0.480 e. The van der Waals surface area contributed by atoms with E-state index in [1.165, 1.54) is 37.4 Å². The Balaban J connectivity index is 6.46. The Labute approximate surface area is 742 Å². The summed E-state index contributed by atoms with van der Waals surface area (Å²) in [5.41, 5.74) is 5.76. The first-order chi connectivity index (χ1) is 57.3. The number of carboxylic acid groups (broad SMARTS) is 1. The molecule has 17 amide bonds. The van der Waals surface area contributed by atoms with E-state index in [1.54, 1.807) is 109 Å². The molecule has 0 aromatic rings. The molecule has 0 unspecified atom stereocenters. The van der Waals surface area contributed by atoms with Gasteiger partial charge >= 0.3 is 5.97 Å². The number of aliphatic hydroxyl groups is 3. The van der Waals surface area contributed by atoms with Crippen molar-refractivity contribution in [1.82, 2.24) is 90.4 Å². The Kier molecular flexibility index (Phi) is 55.6. The molecule has 123 heavy (non-hydrogen) atoms. The first-order valence-corrected chi connectivity index (χ1v) is 45.6. The molecule has 23 N–H and O–H groups in total. The smallest absolute Gasteiger partial charge is 0.326 e. The second kappa shape index (κ2) is 59.6. The van der Waals surface area contributed by atoms with E-state index in [2.05, 4.69) is 116 Å². The van der Waals surface area contributed by atoms with E-state index in [-0.39, 0.29) is 104 Å². The molecular formula is C79H142N18O22S4. The van der Waals surface area contributed by atoms with Crippen molar-refractivity contribution in [2.75, 3.05) is 61.8 Å². The number of thioether (sulfide) groups is 2. The van der Waals surface area contributed by atoms with Crippen LogP contribution in [0, 0.1) is 47.3 Å². The highest BCUT2D eigenvalue weighted by Crippen LogP contribution is 2.17. The highest BCUT2D eigenvalue weighted by Gasteiger charge is 2.40. The topological polar surface area (TPSA) is 619 Å². The zero-order chi connectivity index (χ0) is 94.6. The summed E-state index contributed by atoms with van der Waals surface area (Å²) in [4.78, 5) is 245. The number of carboxylic acids is 1. The summed E-state index contributed by atoms with van der Waals surface area (Å²) < 4.78 is 0. The molecule has 0 radical (unpaired) electrons. The van der Waals surface area contributed by atoms with Gasteiger partial charge in [-0.15, -0.1) is 0 Å². The van der Waals surface area contributed by atoms with Gasteiger partial charge in [-0.2, -0.15) is 48.8 Å². The van der Waals surface area contributed by atoms with Crippen LogP contribution in [0.5, 0.6) is 0 Å². The first-order valence-electron chi connectivity index (χ1n) is 41.5. The van der Waals surface area contributed by atoms with Crippen LogP contribution in [0.15, 0.2) is 0 Å². The monoisotopic (exact) mass is 1820 g/mol. The van der Waals surface area contributed by atoms with Crippen molar-refractivity contribution >= 4 is 155 Å². The Bertz CT molecular complexity index is 3470. The number of nitrogens with one attached hydrogen (secondary N) is 17. The van der Waals surface area contributed by atoms with Gasteiger partial charge in [0.1, 0.15) is 84.6 Å². The van der Waals surface area contributed by atoms with E-state index in [0.29, 0.717) is 5.75 Å². The lowest BCUT2D eigenvalue weighted by Gasteiger charge is -2.30. The number of carbonyl (C=O) groups excluding carboxylic acids is 17. The first kappa shape index (κ1) is 115. The second-order valence-corrected chi connectivity index (χ2v) is 36.4. The number of aliphatic hydroxyl groups excluding tert-OH is 3. The average Bonchev–Trinajstić information content (AvgIpc) is 0.822. The molecule has 704 valence electrons. The Hall–Kier alpha value is -8.30. The molecule has 0 bridgehead atoms. The van der Waals surface area contributed by atoms with Crippen LogP contribution in [0.2, 0.25) is 0 Å². The predicted octanol–water partition coefficient (Wildman–Crippen LogP) is -3.76. The maximum atomic E-state index is 14.3. The summed E-state index contributed by atoms with van der Waals surface area (Å²) in [6, 6.07) is -20.9. The lowest BCUT2D eigenvalue weighted by atomic mass is 9.99. The summed E-state index contributed by atoms with van der Waals surface area (Å²) in [5, 5.41) is 84.4. The van der Waals surface area contributed by atoms with Gasteiger partial charge in [-0.25, -0.2) is 4.79 Å². The maximum Gasteiger partial charge on any atom is 0.326 e. The third kappa shape index (κ3) is 45.4. The quantitative estimate of drug-likeness (QED) is 0.0260. The van der Waals surface area contributed by atoms with Crippen LogP contribution in [-0.2, 0) is 86.3 Å². The van der Waals surface area contributed by atoms with Crippen molar-refractivity contribution in [2.24, 2.45) is 53.1 Å². The number of carbonyl (C=O) groups is 18. The van der Waals surface area contributed by atoms with E-state index < -0.39 is 247 Å². The number of rotatable bonds is 60. The third-order valence-electron chi connectivity index (χ3n) is 18.6. The van der Waals surface area contributed by atoms with Crippen molar-refractivity contribution in [2.45, 2.75) is 279 Å². The van der Waals surface area contributed by atoms with Gasteiger partial charge in [-0.05, 0) is 137 Å². The summed E-state index contributed by atoms with van der Waals surface area (Å²) >= 11 is 11.0. The van der Waals surface area contributed by atoms with Gasteiger partial charge in [0.05, 0.1) is 44.5 Å². The van der Waals surface area contributed by atoms with Crippen LogP contribution >= 0.6 is 48.8 Å². The molecule has 0 heterocycles. The van der Waals surface area contributed by atoms with E-state index in [1.807, 2.05) is 13.8 Å². The van der Waals surface area contributed by atoms with Gasteiger partial charge in [0.2, 0.25) is 100 Å². The molecule has 0 spiro atoms. The van der Waals surface area contributed by atoms with Crippen molar-refractivity contribution in [3.8, 4) is 0 Å². The number of aliphatic carboxylic acids is 1. The Morgan fingerprint density at radius 1 is 0.293 bits per heavy atom. The van der Waals surface area contributed by atoms with Crippen LogP contribution in [0.1, 0.15) is 176 Å². The molecule has 0 fully saturated rings. The molecule has 44 heteroatoms. The third-order valence-corrected chi connectivity index (χ3v) is 20.7. The highest BCUT2D eigenvalue weighted by molar-refractivity contribution is 7.98. The molecule has 0 aromatic heterocycles. The molecule has 0 aliphatic carbocycles. The van der Waals surface area contributed by atoms with Gasteiger partial charge in [0.25, 0.3) is 0 Å². The fourth-order valence-electron chi connectivity index (χ4n) is 12.0. The number of amides is 17. The molecule has 0 saturated heterocycles. The fraction of sp³-hybridized carbons (Fsp3) is 0.772. The number of hydrogen-bond donors (Lipinski definition) is 24. The van der Waals surface area contributed by atoms with E-state index in [9.17, 15) is 107 Å². The lowest BCUT2D eigenvalue weighted by Crippen LogP contribution is -2.62. The molecule has 0 saturated carbocycles. The van der Waals surface area contributed by atoms with E-state index in [0.717, 1.165) is 0 Å². The molecule has 0 aliphatic rings. The van der Waals surface area contributed by atoms with Crippen molar-refractivity contribution in [1.29, 1.82) is 0 Å². The van der Waals surface area contributed by atoms with Crippen LogP contribution in [-0.4, -0.2) is 291 Å². The van der Waals surface area contributed by atoms with Gasteiger partial charge in [-0.1, -0.05) is 111 Å². The minimum atomic E-state index is -1.75. The summed E-state index contributed by atoms with van der Waals surface area (Å²) in [6.45, 7) is 26.7. The summed E-state index contributed by atoms with van der Waals surface area (Å²) in [6.07, 6.45) is 0.442. The van der Waals surface area contributed by atoms with Gasteiger partial charge in [0, 0.05) is 11.5 Å². The molecule has 17 atom stereocenters. The van der Waals surface area contributed by atoms with Crippen LogP contribution in [0.3, 0.4) is 0 Å². The average molecular weight is 1820 g/mol. The van der Waals surface area contributed by atoms with E-state index >= 15 is 0 Å². The van der Waals surface area contributed by atoms with Gasteiger partial charge < -0.3 is 117 Å². The van der Waals surface area contributed by atoms with Crippen molar-refractivity contribution in [3.05, 3.63) is 0 Å². The molecule has 0 rings (SSSR count). The van der Waals surface area contributed by atoms with Gasteiger partial charge in [-0.3, -0.25) is 81.5 Å². The Morgan fingerprint density at radius 3 is 0.854 bits per heavy atom. The van der Waals surface area contributed by atoms with Gasteiger partial charge in [0.15, 0.2) is 0 Å². The van der Waals surface area contributed by atoms with Crippen LogP contribution in [0.4, 0.5) is 0 Å². The molecule has 40 nitrogen and oxygen atoms in total. The predicted molar refractivity (Wildman–Crippen MR) is 472 cm³/mol. The van der Waals surface area contributed by atoms with Crippen molar-refractivity contribution < 1.29 is 107 Å². The molecule has 0 aliphatic heterocycles. The van der Waals surface area contributed by atoms with E-state index in [4.69, 9.17) is 5.73 Å². The largest absolute Gasteiger partial charge is 0.480 e. The number of nitrogens with two attached hydrogens (primary N) is 1. The summed E-state index contributed by atoms with van der Waals surface area (Å²) in [5.74, 6) is -18.6. The lowest BCUT2D eigenvalue weighted by molar-refractivity contribution is -0.143. The summed E-state index contributed by atoms with van der Waals surface area (Å²) in [7, 11) is 0. The second-order valence-electron chi connectivity index (χ2n) is 33.7. The maximum absolute atomic E-state index is 14.3. The number of hydrogen-bond acceptors (Lipinski definition) is 26. The SMILES string of the molecule is CSCC[C@H](NC(=O)[C@@H](NC(=O)[C@H](CC(C)C)NC(=O)[C@H](CC(C)C)NC(=O)[C@H](CO)NC(=O)CNC(=O)[C@H](CC(C)C)NC(=O)[C@H](CS)NC(=O)[C@@H](NC(=O)[C@H](CCSC)NC(=O)[C@@H](NC(=O)[C@H](CC(C)C)NC(=O)[C@H](CC(C)C)NC(=O)CNC(=O)CNC(=O)[C@H](CC(C)C)NC(=O)[C@@H](N)CS)[C@@H](C)O)C(C)C)[C@@H](C)O)C(=O)N[C@H](C(=O)O)C(C)C. The Morgan fingerprint density at radius 2 is 0.545 bits per heavy atom. The fourth-order valence-corrected chi connectivity index (χ4v) is 13.4.